The van der Waals surface area contributed by atoms with Gasteiger partial charge in [0, 0.05) is 5.38 Å². The molecular weight excluding hydrogens is 320 g/mol. The van der Waals surface area contributed by atoms with Crippen LogP contribution in [0.3, 0.4) is 0 Å². The molecule has 1 fully saturated rings. The van der Waals surface area contributed by atoms with Crippen molar-refractivity contribution in [2.75, 3.05) is 11.9 Å². The minimum Gasteiger partial charge on any atom is -0.462 e. The molecule has 3 rings (SSSR count). The maximum atomic E-state index is 12.2. The number of anilines is 1. The number of esters is 1. The highest BCUT2D eigenvalue weighted by molar-refractivity contribution is 7.15. The lowest BCUT2D eigenvalue weighted by Crippen LogP contribution is -2.15. The Labute approximate surface area is 136 Å². The van der Waals surface area contributed by atoms with E-state index in [1.54, 1.807) is 12.3 Å². The van der Waals surface area contributed by atoms with E-state index < -0.39 is 0 Å². The molecule has 1 aliphatic carbocycles. The summed E-state index contributed by atoms with van der Waals surface area (Å²) in [5.41, 5.74) is 1.88. The number of carbonyl (C=O) groups excluding carboxylic acids is 2. The third-order valence-electron chi connectivity index (χ3n) is 3.39. The van der Waals surface area contributed by atoms with Crippen molar-refractivity contribution in [1.82, 2.24) is 4.98 Å². The molecule has 1 saturated carbocycles. The number of thiazole rings is 1. The molecule has 1 aliphatic rings. The van der Waals surface area contributed by atoms with Crippen molar-refractivity contribution in [3.05, 3.63) is 32.6 Å². The molecule has 0 saturated heterocycles. The Balaban J connectivity index is 1.86. The summed E-state index contributed by atoms with van der Waals surface area (Å²) in [5, 5.41) is 7.85. The number of thiophene rings is 1. The Bertz CT molecular complexity index is 716. The molecule has 0 atom stereocenters. The highest BCUT2D eigenvalue weighted by Gasteiger charge is 2.32. The lowest BCUT2D eigenvalue weighted by molar-refractivity contribution is 0.0527. The van der Waals surface area contributed by atoms with Crippen LogP contribution in [-0.2, 0) is 4.74 Å². The van der Waals surface area contributed by atoms with Crippen molar-refractivity contribution in [2.24, 2.45) is 0 Å². The van der Waals surface area contributed by atoms with Gasteiger partial charge in [0.1, 0.15) is 10.7 Å². The number of aromatic nitrogens is 1. The van der Waals surface area contributed by atoms with Gasteiger partial charge in [0.15, 0.2) is 0 Å². The Morgan fingerprint density at radius 3 is 2.73 bits per heavy atom. The molecule has 1 amide bonds. The van der Waals surface area contributed by atoms with E-state index in [-0.39, 0.29) is 11.9 Å². The van der Waals surface area contributed by atoms with Crippen LogP contribution in [0.4, 0.5) is 5.00 Å². The second-order valence-electron chi connectivity index (χ2n) is 5.10. The van der Waals surface area contributed by atoms with Crippen LogP contribution >= 0.6 is 22.7 Å². The maximum Gasteiger partial charge on any atom is 0.341 e. The molecule has 0 aromatic carbocycles. The SMILES string of the molecule is CCOC(=O)c1c(C2CC2)csc1NC(=O)c1csc(C)n1. The lowest BCUT2D eigenvalue weighted by Gasteiger charge is -2.07. The van der Waals surface area contributed by atoms with Crippen LogP contribution in [-0.4, -0.2) is 23.5 Å². The van der Waals surface area contributed by atoms with Crippen LogP contribution in [0.5, 0.6) is 0 Å². The second kappa shape index (κ2) is 6.18. The molecule has 116 valence electrons. The van der Waals surface area contributed by atoms with Crippen molar-refractivity contribution in [1.29, 1.82) is 0 Å². The molecule has 2 aromatic rings. The van der Waals surface area contributed by atoms with Crippen molar-refractivity contribution >= 4 is 39.6 Å². The van der Waals surface area contributed by atoms with Gasteiger partial charge < -0.3 is 10.1 Å². The number of ether oxygens (including phenoxy) is 1. The molecule has 7 heteroatoms. The average molecular weight is 336 g/mol. The van der Waals surface area contributed by atoms with Crippen LogP contribution in [0.1, 0.15) is 57.1 Å². The maximum absolute atomic E-state index is 12.2. The Hall–Kier alpha value is -1.73. The van der Waals surface area contributed by atoms with Gasteiger partial charge in [0.05, 0.1) is 17.2 Å². The summed E-state index contributed by atoms with van der Waals surface area (Å²) in [6.07, 6.45) is 2.17. The molecule has 2 heterocycles. The summed E-state index contributed by atoms with van der Waals surface area (Å²) in [4.78, 5) is 28.6. The number of rotatable bonds is 5. The Kier molecular flexibility index (Phi) is 4.26. The van der Waals surface area contributed by atoms with Gasteiger partial charge in [0.25, 0.3) is 5.91 Å². The first kappa shape index (κ1) is 15.2. The molecule has 0 bridgehead atoms. The minimum absolute atomic E-state index is 0.293. The molecular formula is C15H16N2O3S2. The molecule has 0 spiro atoms. The third kappa shape index (κ3) is 3.05. The van der Waals surface area contributed by atoms with Gasteiger partial charge in [-0.25, -0.2) is 9.78 Å². The highest BCUT2D eigenvalue weighted by Crippen LogP contribution is 2.46. The van der Waals surface area contributed by atoms with Gasteiger partial charge in [-0.1, -0.05) is 0 Å². The predicted molar refractivity (Wildman–Crippen MR) is 87.1 cm³/mol. The zero-order valence-corrected chi connectivity index (χ0v) is 14.0. The molecule has 1 N–H and O–H groups in total. The summed E-state index contributed by atoms with van der Waals surface area (Å²) in [7, 11) is 0. The molecule has 5 nitrogen and oxygen atoms in total. The average Bonchev–Trinajstić information content (AvgIpc) is 3.10. The van der Waals surface area contributed by atoms with E-state index in [2.05, 4.69) is 10.3 Å². The summed E-state index contributed by atoms with van der Waals surface area (Å²) >= 11 is 2.79. The molecule has 2 aromatic heterocycles. The monoisotopic (exact) mass is 336 g/mol. The standard InChI is InChI=1S/C15H16N2O3S2/c1-3-20-15(19)12-10(9-4-5-9)6-22-14(12)17-13(18)11-7-21-8(2)16-11/h6-7,9H,3-5H2,1-2H3,(H,17,18). The molecule has 22 heavy (non-hydrogen) atoms. The van der Waals surface area contributed by atoms with E-state index >= 15 is 0 Å². The summed E-state index contributed by atoms with van der Waals surface area (Å²) in [5.74, 6) is -0.239. The van der Waals surface area contributed by atoms with Crippen LogP contribution in [0.2, 0.25) is 0 Å². The van der Waals surface area contributed by atoms with Crippen LogP contribution in [0, 0.1) is 6.92 Å². The summed E-state index contributed by atoms with van der Waals surface area (Å²) < 4.78 is 5.14. The number of hydrogen-bond donors (Lipinski definition) is 1. The van der Waals surface area contributed by atoms with Crippen molar-refractivity contribution in [2.45, 2.75) is 32.6 Å². The fourth-order valence-electron chi connectivity index (χ4n) is 2.21. The number of carbonyl (C=O) groups is 2. The van der Waals surface area contributed by atoms with Gasteiger partial charge >= 0.3 is 5.97 Å². The number of amides is 1. The lowest BCUT2D eigenvalue weighted by atomic mass is 10.1. The Morgan fingerprint density at radius 2 is 2.14 bits per heavy atom. The van der Waals surface area contributed by atoms with Gasteiger partial charge in [-0.15, -0.1) is 22.7 Å². The van der Waals surface area contributed by atoms with Gasteiger partial charge in [-0.05, 0) is 43.6 Å². The molecule has 0 aliphatic heterocycles. The van der Waals surface area contributed by atoms with Crippen LogP contribution in [0.25, 0.3) is 0 Å². The zero-order chi connectivity index (χ0) is 15.7. The highest BCUT2D eigenvalue weighted by atomic mass is 32.1. The quantitative estimate of drug-likeness (QED) is 0.843. The van der Waals surface area contributed by atoms with Gasteiger partial charge in [0.2, 0.25) is 0 Å². The topological polar surface area (TPSA) is 68.3 Å². The minimum atomic E-state index is -0.365. The predicted octanol–water partition coefficient (Wildman–Crippen LogP) is 3.82. The number of nitrogens with zero attached hydrogens (tertiary/aromatic N) is 1. The fourth-order valence-corrected chi connectivity index (χ4v) is 3.83. The second-order valence-corrected chi connectivity index (χ2v) is 7.04. The largest absolute Gasteiger partial charge is 0.462 e. The van der Waals surface area contributed by atoms with Crippen LogP contribution < -0.4 is 5.32 Å². The number of hydrogen-bond acceptors (Lipinski definition) is 6. The third-order valence-corrected chi connectivity index (χ3v) is 5.08. The first-order valence-corrected chi connectivity index (χ1v) is 8.88. The van der Waals surface area contributed by atoms with Crippen molar-refractivity contribution in [3.8, 4) is 0 Å². The van der Waals surface area contributed by atoms with Crippen LogP contribution in [0.15, 0.2) is 10.8 Å². The smallest absolute Gasteiger partial charge is 0.341 e. The first-order chi connectivity index (χ1) is 10.6. The van der Waals surface area contributed by atoms with E-state index in [4.69, 9.17) is 4.74 Å². The van der Waals surface area contributed by atoms with Crippen molar-refractivity contribution in [3.63, 3.8) is 0 Å². The number of nitrogens with one attached hydrogen (secondary N) is 1. The van der Waals surface area contributed by atoms with Crippen molar-refractivity contribution < 1.29 is 14.3 Å². The zero-order valence-electron chi connectivity index (χ0n) is 12.3. The Morgan fingerprint density at radius 1 is 1.36 bits per heavy atom. The summed E-state index contributed by atoms with van der Waals surface area (Å²) in [6.45, 7) is 3.94. The van der Waals surface area contributed by atoms with Gasteiger partial charge in [-0.2, -0.15) is 0 Å². The molecule has 0 unspecified atom stereocenters. The summed E-state index contributed by atoms with van der Waals surface area (Å²) in [6, 6.07) is 0. The normalized spacial score (nSPS) is 13.9. The van der Waals surface area contributed by atoms with Gasteiger partial charge in [-0.3, -0.25) is 4.79 Å². The number of aryl methyl sites for hydroxylation is 1. The molecule has 0 radical (unpaired) electrons. The fraction of sp³-hybridized carbons (Fsp3) is 0.400. The first-order valence-electron chi connectivity index (χ1n) is 7.12. The van der Waals surface area contributed by atoms with E-state index in [0.717, 1.165) is 23.4 Å². The van der Waals surface area contributed by atoms with E-state index in [9.17, 15) is 9.59 Å². The van der Waals surface area contributed by atoms with E-state index in [0.29, 0.717) is 28.8 Å². The van der Waals surface area contributed by atoms with E-state index in [1.165, 1.54) is 22.7 Å². The van der Waals surface area contributed by atoms with E-state index in [1.807, 2.05) is 12.3 Å².